The van der Waals surface area contributed by atoms with E-state index in [-0.39, 0.29) is 0 Å². The summed E-state index contributed by atoms with van der Waals surface area (Å²) in [5, 5.41) is 34.2. The third kappa shape index (κ3) is 10.8. The van der Waals surface area contributed by atoms with E-state index < -0.39 is 7.12 Å². The molecule has 14 aromatic carbocycles. The molecule has 0 bridgehead atoms. The average molecular weight is 1380 g/mol. The fourth-order valence-electron chi connectivity index (χ4n) is 14.9. The molecule has 1 aliphatic heterocycles. The zero-order valence-corrected chi connectivity index (χ0v) is 56.9. The van der Waals surface area contributed by atoms with Gasteiger partial charge in [0.2, 0.25) is 0 Å². The molecule has 0 atom stereocenters. The standard InChI is InChI=1S/C42H26N2S.C24H16BNO2S.C18H12BrN.C4H8O/c1-2-10-29(11-3-1)43-37-15-7-4-12-31(37)35-24-27(18-22-39(35)43)28-19-23-40-36(25-28)32-13-5-8-16-38(32)44(40)30-20-21-34-33-14-6-9-17-41(33)45-42(34)26-30;27-25(28)15-9-12-22-20(13-15)17-5-1-3-7-21(17)26(22)16-10-11-19-18-6-2-4-8-23(18)29-24(19)14-16;19-13-10-11-18-16(12-13)15-8-4-5-9-17(15)20(18)14-6-2-1-3-7-14;1-2-4-5-3-1/h1-26H;1-14,27-28H;1-12H;1-4H2. The van der Waals surface area contributed by atoms with Gasteiger partial charge in [-0.15, -0.1) is 22.7 Å². The first-order valence-electron chi connectivity index (χ1n) is 33.5. The van der Waals surface area contributed by atoms with Crippen LogP contribution in [0, 0.1) is 0 Å². The normalized spacial score (nSPS) is 12.4. The smallest absolute Gasteiger partial charge is 0.423 e. The van der Waals surface area contributed by atoms with Crippen molar-refractivity contribution in [2.24, 2.45) is 0 Å². The van der Waals surface area contributed by atoms with Crippen LogP contribution in [0.3, 0.4) is 0 Å². The van der Waals surface area contributed by atoms with Crippen LogP contribution in [0.2, 0.25) is 0 Å². The lowest BCUT2D eigenvalue weighted by Crippen LogP contribution is -2.29. The monoisotopic (exact) mass is 1380 g/mol. The maximum Gasteiger partial charge on any atom is 0.488 e. The van der Waals surface area contributed by atoms with Gasteiger partial charge in [-0.05, 0) is 163 Å². The van der Waals surface area contributed by atoms with Gasteiger partial charge in [0, 0.05) is 124 Å². The molecule has 7 nitrogen and oxygen atoms in total. The van der Waals surface area contributed by atoms with Gasteiger partial charge in [0.05, 0.1) is 44.1 Å². The molecule has 474 valence electrons. The Kier molecular flexibility index (Phi) is 15.6. The quantitative estimate of drug-likeness (QED) is 0.163. The predicted octanol–water partition coefficient (Wildman–Crippen LogP) is 23.1. The number of aromatic nitrogens is 4. The Labute approximate surface area is 587 Å². The second-order valence-electron chi connectivity index (χ2n) is 25.2. The number of fused-ring (bicyclic) bond motifs is 18. The number of halogens is 1. The van der Waals surface area contributed by atoms with Crippen molar-refractivity contribution < 1.29 is 14.8 Å². The van der Waals surface area contributed by atoms with Gasteiger partial charge in [-0.3, -0.25) is 0 Å². The molecule has 11 heteroatoms. The molecule has 1 aliphatic rings. The number of hydrogen-bond donors (Lipinski definition) is 2. The van der Waals surface area contributed by atoms with Gasteiger partial charge >= 0.3 is 7.12 Å². The van der Waals surface area contributed by atoms with Crippen molar-refractivity contribution in [2.75, 3.05) is 13.2 Å². The highest BCUT2D eigenvalue weighted by Gasteiger charge is 2.21. The first kappa shape index (κ1) is 60.5. The highest BCUT2D eigenvalue weighted by molar-refractivity contribution is 9.10. The molecular weight excluding hydrogens is 1320 g/mol. The van der Waals surface area contributed by atoms with E-state index in [9.17, 15) is 10.0 Å². The summed E-state index contributed by atoms with van der Waals surface area (Å²) in [4.78, 5) is 0. The molecule has 1 fully saturated rings. The largest absolute Gasteiger partial charge is 0.488 e. The SMILES string of the molecule is Brc1ccc2c(c1)c1ccccc1n2-c1ccccc1.C1CCOC1.OB(O)c1ccc2c(c1)c1ccccc1n2-c1ccc2c(c1)sc1ccccc12.c1ccc(-n2c3ccccc3c3cc(-c4ccc5c(c4)c4ccccc4n5-c4ccc5c(c4)sc4ccccc45)ccc32)cc1. The van der Waals surface area contributed by atoms with Crippen LogP contribution in [-0.4, -0.2) is 48.6 Å². The van der Waals surface area contributed by atoms with E-state index in [1.807, 2.05) is 53.0 Å². The first-order valence-corrected chi connectivity index (χ1v) is 36.0. The van der Waals surface area contributed by atoms with Gasteiger partial charge in [0.25, 0.3) is 0 Å². The van der Waals surface area contributed by atoms with E-state index >= 15 is 0 Å². The molecule has 0 spiro atoms. The van der Waals surface area contributed by atoms with Crippen molar-refractivity contribution in [3.63, 3.8) is 0 Å². The molecule has 2 N–H and O–H groups in total. The third-order valence-corrected chi connectivity index (χ3v) is 22.2. The summed E-state index contributed by atoms with van der Waals surface area (Å²) >= 11 is 7.26. The highest BCUT2D eigenvalue weighted by Crippen LogP contribution is 2.43. The van der Waals surface area contributed by atoms with Crippen LogP contribution in [0.5, 0.6) is 0 Å². The average Bonchev–Trinajstić information content (AvgIpc) is 1.61. The number of hydrogen-bond acceptors (Lipinski definition) is 5. The van der Waals surface area contributed by atoms with Crippen molar-refractivity contribution in [1.82, 2.24) is 18.3 Å². The number of nitrogens with zero attached hydrogens (tertiary/aromatic N) is 4. The number of para-hydroxylation sites is 6. The molecule has 0 amide bonds. The second-order valence-corrected chi connectivity index (χ2v) is 28.3. The lowest BCUT2D eigenvalue weighted by molar-refractivity contribution is 0.198. The fourth-order valence-corrected chi connectivity index (χ4v) is 17.5. The third-order valence-electron chi connectivity index (χ3n) is 19.4. The zero-order valence-electron chi connectivity index (χ0n) is 53.7. The van der Waals surface area contributed by atoms with E-state index in [0.717, 1.165) is 45.2 Å². The van der Waals surface area contributed by atoms with Crippen LogP contribution in [0.15, 0.2) is 320 Å². The Morgan fingerprint density at radius 3 is 1.02 bits per heavy atom. The van der Waals surface area contributed by atoms with Crippen LogP contribution in [0.1, 0.15) is 12.8 Å². The van der Waals surface area contributed by atoms with Crippen LogP contribution in [0.4, 0.5) is 0 Å². The van der Waals surface area contributed by atoms with E-state index in [4.69, 9.17) is 4.74 Å². The molecule has 0 aliphatic carbocycles. The molecule has 99 heavy (non-hydrogen) atoms. The van der Waals surface area contributed by atoms with Crippen LogP contribution >= 0.6 is 38.6 Å². The Balaban J connectivity index is 0.000000112. The van der Waals surface area contributed by atoms with Gasteiger partial charge in [0.15, 0.2) is 0 Å². The lowest BCUT2D eigenvalue weighted by atomic mass is 9.80. The molecule has 0 saturated carbocycles. The van der Waals surface area contributed by atoms with Crippen LogP contribution in [0.25, 0.3) is 161 Å². The van der Waals surface area contributed by atoms with Crippen LogP contribution < -0.4 is 5.46 Å². The van der Waals surface area contributed by atoms with Crippen molar-refractivity contribution in [2.45, 2.75) is 12.8 Å². The summed E-state index contributed by atoms with van der Waals surface area (Å²) in [5.41, 5.74) is 17.2. The Bertz CT molecular complexity index is 6470. The molecule has 7 heterocycles. The molecule has 0 unspecified atom stereocenters. The van der Waals surface area contributed by atoms with E-state index in [2.05, 4.69) is 313 Å². The number of rotatable bonds is 6. The van der Waals surface area contributed by atoms with Gasteiger partial charge in [-0.1, -0.05) is 198 Å². The molecule has 0 radical (unpaired) electrons. The van der Waals surface area contributed by atoms with E-state index in [1.54, 1.807) is 6.07 Å². The molecular formula is C88H62BBrN4O3S2. The first-order chi connectivity index (χ1) is 48.9. The minimum atomic E-state index is -1.48. The summed E-state index contributed by atoms with van der Waals surface area (Å²) in [6.45, 7) is 2.00. The minimum Gasteiger partial charge on any atom is -0.423 e. The van der Waals surface area contributed by atoms with Gasteiger partial charge in [-0.25, -0.2) is 0 Å². The highest BCUT2D eigenvalue weighted by atomic mass is 79.9. The minimum absolute atomic E-state index is 0.500. The summed E-state index contributed by atoms with van der Waals surface area (Å²) in [5.74, 6) is 0. The predicted molar refractivity (Wildman–Crippen MR) is 425 cm³/mol. The molecule has 1 saturated heterocycles. The van der Waals surface area contributed by atoms with Crippen molar-refractivity contribution in [3.05, 3.63) is 320 Å². The maximum atomic E-state index is 9.62. The van der Waals surface area contributed by atoms with Crippen molar-refractivity contribution in [3.8, 4) is 33.9 Å². The molecule has 6 aromatic heterocycles. The van der Waals surface area contributed by atoms with Gasteiger partial charge in [-0.2, -0.15) is 0 Å². The number of benzene rings is 14. The number of ether oxygens (including phenoxy) is 1. The van der Waals surface area contributed by atoms with Crippen LogP contribution in [-0.2, 0) is 4.74 Å². The van der Waals surface area contributed by atoms with Gasteiger partial charge in [0.1, 0.15) is 0 Å². The summed E-state index contributed by atoms with van der Waals surface area (Å²) in [6.07, 6.45) is 2.56. The summed E-state index contributed by atoms with van der Waals surface area (Å²) < 4.78 is 20.6. The Morgan fingerprint density at radius 1 is 0.273 bits per heavy atom. The van der Waals surface area contributed by atoms with E-state index in [1.165, 1.54) is 147 Å². The van der Waals surface area contributed by atoms with E-state index in [0.29, 0.717) is 5.46 Å². The Hall–Kier alpha value is -10.9. The Morgan fingerprint density at radius 2 is 0.606 bits per heavy atom. The topological polar surface area (TPSA) is 69.4 Å². The van der Waals surface area contributed by atoms with Crippen molar-refractivity contribution in [1.29, 1.82) is 0 Å². The number of thiophene rings is 2. The van der Waals surface area contributed by atoms with Gasteiger partial charge < -0.3 is 33.1 Å². The molecule has 20 aromatic rings. The molecule has 21 rings (SSSR count). The zero-order chi connectivity index (χ0) is 66.1. The lowest BCUT2D eigenvalue weighted by Gasteiger charge is -2.09. The van der Waals surface area contributed by atoms with Crippen molar-refractivity contribution >= 4 is 179 Å². The maximum absolute atomic E-state index is 9.62. The summed E-state index contributed by atoms with van der Waals surface area (Å²) in [7, 11) is -1.48. The second kappa shape index (κ2) is 25.5. The fraction of sp³-hybridized carbons (Fsp3) is 0.0455. The summed E-state index contributed by atoms with van der Waals surface area (Å²) in [6, 6.07) is 112.